The highest BCUT2D eigenvalue weighted by Crippen LogP contribution is 3.02. The van der Waals surface area contributed by atoms with E-state index in [0.717, 1.165) is 6.07 Å². The molecule has 2 N–H and O–H groups in total. The Hall–Kier alpha value is -1.66. The van der Waals surface area contributed by atoms with Crippen molar-refractivity contribution in [3.05, 3.63) is 35.5 Å². The van der Waals surface area contributed by atoms with Gasteiger partial charge in [0, 0.05) is 5.39 Å². The third kappa shape index (κ3) is 3.54. The maximum Gasteiger partial charge on any atom is 0.433 e. The highest BCUT2D eigenvalue weighted by Gasteiger charge is 2.66. The van der Waals surface area contributed by atoms with Crippen molar-refractivity contribution in [2.75, 3.05) is 6.61 Å². The number of benzene rings is 1. The molecule has 0 saturated heterocycles. The van der Waals surface area contributed by atoms with Crippen LogP contribution in [-0.4, -0.2) is 21.8 Å². The fraction of sp³-hybridized carbons (Fsp3) is 0.250. The molecule has 24 heavy (non-hydrogen) atoms. The van der Waals surface area contributed by atoms with Crippen LogP contribution in [0.5, 0.6) is 0 Å². The number of hydrogen-bond donors (Lipinski definition) is 2. The summed E-state index contributed by atoms with van der Waals surface area (Å²) in [5, 5.41) is 17.6. The topological polar surface area (TPSA) is 53.4 Å². The summed E-state index contributed by atoms with van der Waals surface area (Å²) in [4.78, 5) is 0.0998. The molecule has 0 aliphatic carbocycles. The van der Waals surface area contributed by atoms with E-state index in [0.29, 0.717) is 6.07 Å². The second-order valence-electron chi connectivity index (χ2n) is 4.91. The lowest BCUT2D eigenvalue weighted by Crippen LogP contribution is -2.14. The number of aliphatic hydroxyl groups excluding tert-OH is 2. The SMILES string of the molecule is OCC(O)c1cc(C(F)(F)F)nc2c(S(F)(F)(F)(F)F)cccc12. The van der Waals surface area contributed by atoms with Crippen molar-refractivity contribution in [1.82, 2.24) is 4.98 Å². The Balaban J connectivity index is 3.02. The molecule has 1 aromatic carbocycles. The van der Waals surface area contributed by atoms with Crippen LogP contribution >= 0.6 is 10.2 Å². The molecule has 0 amide bonds. The number of para-hydroxylation sites is 1. The van der Waals surface area contributed by atoms with Gasteiger partial charge in [-0.25, -0.2) is 4.98 Å². The van der Waals surface area contributed by atoms with Crippen molar-refractivity contribution in [1.29, 1.82) is 0 Å². The largest absolute Gasteiger partial charge is 0.433 e. The number of nitrogens with zero attached hydrogens (tertiary/aromatic N) is 1. The molecule has 0 bridgehead atoms. The van der Waals surface area contributed by atoms with Gasteiger partial charge in [0.05, 0.1) is 12.1 Å². The quantitative estimate of drug-likeness (QED) is 0.739. The van der Waals surface area contributed by atoms with Crippen molar-refractivity contribution >= 4 is 21.1 Å². The molecule has 1 aromatic heterocycles. The van der Waals surface area contributed by atoms with Crippen LogP contribution in [0.4, 0.5) is 32.6 Å². The highest BCUT2D eigenvalue weighted by molar-refractivity contribution is 8.46. The fourth-order valence-corrected chi connectivity index (χ4v) is 2.94. The number of aromatic nitrogens is 1. The molecule has 1 heterocycles. The molecular formula is C12H9F8NO2S. The van der Waals surface area contributed by atoms with Gasteiger partial charge < -0.3 is 10.2 Å². The summed E-state index contributed by atoms with van der Waals surface area (Å²) >= 11 is 0. The number of aliphatic hydroxyl groups is 2. The number of pyridine rings is 1. The molecule has 1 atom stereocenters. The summed E-state index contributed by atoms with van der Waals surface area (Å²) in [6.45, 7) is -1.13. The van der Waals surface area contributed by atoms with Gasteiger partial charge in [-0.3, -0.25) is 0 Å². The molecular weight excluding hydrogens is 374 g/mol. The second kappa shape index (κ2) is 4.70. The van der Waals surface area contributed by atoms with E-state index in [4.69, 9.17) is 5.11 Å². The van der Waals surface area contributed by atoms with E-state index in [9.17, 15) is 37.7 Å². The van der Waals surface area contributed by atoms with E-state index in [-0.39, 0.29) is 12.1 Å². The first-order valence-corrected chi connectivity index (χ1v) is 8.03. The number of halogens is 8. The molecule has 2 aromatic rings. The molecule has 0 aliphatic rings. The van der Waals surface area contributed by atoms with Crippen LogP contribution in [0.25, 0.3) is 10.9 Å². The molecule has 1 unspecified atom stereocenters. The fourth-order valence-electron chi connectivity index (χ4n) is 2.08. The maximum absolute atomic E-state index is 13.1. The van der Waals surface area contributed by atoms with E-state index >= 15 is 0 Å². The molecule has 12 heteroatoms. The summed E-state index contributed by atoms with van der Waals surface area (Å²) in [5.74, 6) is 0. The summed E-state index contributed by atoms with van der Waals surface area (Å²) in [5.41, 5.74) is -4.33. The van der Waals surface area contributed by atoms with Crippen LogP contribution < -0.4 is 0 Å². The third-order valence-electron chi connectivity index (χ3n) is 3.07. The summed E-state index contributed by atoms with van der Waals surface area (Å²) in [6, 6.07) is 1.48. The molecule has 0 radical (unpaired) electrons. The zero-order valence-electron chi connectivity index (χ0n) is 11.4. The normalized spacial score (nSPS) is 17.4. The van der Waals surface area contributed by atoms with Crippen molar-refractivity contribution in [3.63, 3.8) is 0 Å². The van der Waals surface area contributed by atoms with Gasteiger partial charge in [-0.1, -0.05) is 31.6 Å². The zero-order valence-corrected chi connectivity index (χ0v) is 12.2. The van der Waals surface area contributed by atoms with Crippen molar-refractivity contribution in [3.8, 4) is 0 Å². The molecule has 0 aliphatic heterocycles. The first-order chi connectivity index (χ1) is 10.5. The second-order valence-corrected chi connectivity index (χ2v) is 7.29. The minimum absolute atomic E-state index is 0.0772. The molecule has 136 valence electrons. The van der Waals surface area contributed by atoms with E-state index in [1.54, 1.807) is 0 Å². The van der Waals surface area contributed by atoms with Crippen molar-refractivity contribution < 1.29 is 42.8 Å². The zero-order chi connectivity index (χ0) is 18.6. The monoisotopic (exact) mass is 383 g/mol. The van der Waals surface area contributed by atoms with Gasteiger partial charge in [0.1, 0.15) is 16.7 Å². The minimum Gasteiger partial charge on any atom is -0.393 e. The van der Waals surface area contributed by atoms with Crippen LogP contribution in [0, 0.1) is 0 Å². The average molecular weight is 383 g/mol. The van der Waals surface area contributed by atoms with Gasteiger partial charge in [0.2, 0.25) is 0 Å². The number of hydrogen-bond acceptors (Lipinski definition) is 3. The number of fused-ring (bicyclic) bond motifs is 1. The van der Waals surface area contributed by atoms with Crippen LogP contribution in [0.3, 0.4) is 0 Å². The Morgan fingerprint density at radius 1 is 1.08 bits per heavy atom. The molecule has 3 nitrogen and oxygen atoms in total. The van der Waals surface area contributed by atoms with Crippen LogP contribution in [0.1, 0.15) is 17.4 Å². The van der Waals surface area contributed by atoms with E-state index in [1.807, 2.05) is 0 Å². The van der Waals surface area contributed by atoms with Crippen LogP contribution in [0.2, 0.25) is 0 Å². The molecule has 0 fully saturated rings. The van der Waals surface area contributed by atoms with E-state index < -0.39 is 56.2 Å². The number of rotatable bonds is 3. The molecule has 0 saturated carbocycles. The summed E-state index contributed by atoms with van der Waals surface area (Å²) < 4.78 is 104. The van der Waals surface area contributed by atoms with Crippen LogP contribution in [-0.2, 0) is 6.18 Å². The van der Waals surface area contributed by atoms with E-state index in [1.165, 1.54) is 0 Å². The minimum atomic E-state index is -10.3. The maximum atomic E-state index is 13.1. The van der Waals surface area contributed by atoms with Crippen molar-refractivity contribution in [2.24, 2.45) is 0 Å². The first kappa shape index (κ1) is 18.7. The van der Waals surface area contributed by atoms with Gasteiger partial charge in [-0.2, -0.15) is 13.2 Å². The predicted molar refractivity (Wildman–Crippen MR) is 70.2 cm³/mol. The standard InChI is InChI=1S/C12H9F8NO2S/c13-12(14,15)10-4-7(8(23)5-22)6-2-1-3-9(11(6)21-10)24(16,17,18,19)20/h1-4,8,22-23H,5H2. The Morgan fingerprint density at radius 2 is 1.67 bits per heavy atom. The smallest absolute Gasteiger partial charge is 0.393 e. The van der Waals surface area contributed by atoms with Gasteiger partial charge in [0.15, 0.2) is 0 Å². The third-order valence-corrected chi connectivity index (χ3v) is 4.23. The van der Waals surface area contributed by atoms with Crippen LogP contribution in [0.15, 0.2) is 29.2 Å². The Morgan fingerprint density at radius 3 is 2.12 bits per heavy atom. The molecule has 2 rings (SSSR count). The van der Waals surface area contributed by atoms with Gasteiger partial charge in [0.25, 0.3) is 0 Å². The van der Waals surface area contributed by atoms with Gasteiger partial charge in [-0.15, -0.1) is 0 Å². The van der Waals surface area contributed by atoms with Gasteiger partial charge >= 0.3 is 16.4 Å². The first-order valence-electron chi connectivity index (χ1n) is 6.08. The Labute approximate surface area is 129 Å². The Kier molecular flexibility index (Phi) is 3.66. The lowest BCUT2D eigenvalue weighted by molar-refractivity contribution is -0.141. The van der Waals surface area contributed by atoms with Gasteiger partial charge in [-0.05, 0) is 17.7 Å². The lowest BCUT2D eigenvalue weighted by Gasteiger charge is -2.41. The predicted octanol–water partition coefficient (Wildman–Crippen LogP) is 4.94. The average Bonchev–Trinajstić information content (AvgIpc) is 2.41. The highest BCUT2D eigenvalue weighted by atomic mass is 32.5. The van der Waals surface area contributed by atoms with E-state index in [2.05, 4.69) is 4.98 Å². The molecule has 0 spiro atoms. The van der Waals surface area contributed by atoms with Crippen molar-refractivity contribution in [2.45, 2.75) is 17.2 Å². The number of alkyl halides is 3. The Bertz CT molecular complexity index is 803. The lowest BCUT2D eigenvalue weighted by atomic mass is 10.0. The summed E-state index contributed by atoms with van der Waals surface area (Å²) in [6.07, 6.45) is -7.26. The summed E-state index contributed by atoms with van der Waals surface area (Å²) in [7, 11) is -10.3.